The van der Waals surface area contributed by atoms with Crippen LogP contribution in [0.2, 0.25) is 5.15 Å². The highest BCUT2D eigenvalue weighted by Gasteiger charge is 2.44. The summed E-state index contributed by atoms with van der Waals surface area (Å²) in [6.45, 7) is 4.32. The molecule has 1 fully saturated rings. The summed E-state index contributed by atoms with van der Waals surface area (Å²) in [5.74, 6) is -1.21. The Kier molecular flexibility index (Phi) is 4.95. The Morgan fingerprint density at radius 2 is 2.24 bits per heavy atom. The molecule has 8 heteroatoms. The molecule has 0 saturated carbocycles. The summed E-state index contributed by atoms with van der Waals surface area (Å²) < 4.78 is 37.5. The molecule has 1 aromatic heterocycles. The van der Waals surface area contributed by atoms with Crippen LogP contribution in [-0.2, 0) is 11.3 Å². The van der Waals surface area contributed by atoms with Crippen molar-refractivity contribution in [2.75, 3.05) is 12.3 Å². The third kappa shape index (κ3) is 3.99. The molecule has 0 amide bonds. The van der Waals surface area contributed by atoms with Crippen molar-refractivity contribution < 1.29 is 18.0 Å². The van der Waals surface area contributed by atoms with Gasteiger partial charge in [-0.3, -0.25) is 9.69 Å². The SMILES string of the molecule is C=C(C(=O)C(F)(F)F)C1SCCN1Cc1ccc(Cl)nc1. The molecule has 0 N–H and O–H groups in total. The fourth-order valence-corrected chi connectivity index (χ4v) is 3.39. The number of hydrogen-bond acceptors (Lipinski definition) is 4. The van der Waals surface area contributed by atoms with E-state index in [0.717, 1.165) is 5.56 Å². The van der Waals surface area contributed by atoms with Gasteiger partial charge in [0.1, 0.15) is 5.15 Å². The van der Waals surface area contributed by atoms with E-state index in [9.17, 15) is 18.0 Å². The molecule has 21 heavy (non-hydrogen) atoms. The van der Waals surface area contributed by atoms with E-state index in [1.54, 1.807) is 23.2 Å². The van der Waals surface area contributed by atoms with Gasteiger partial charge in [0.15, 0.2) is 0 Å². The number of rotatable bonds is 4. The first kappa shape index (κ1) is 16.3. The minimum Gasteiger partial charge on any atom is -0.284 e. The number of nitrogens with zero attached hydrogens (tertiary/aromatic N) is 2. The molecule has 2 rings (SSSR count). The highest BCUT2D eigenvalue weighted by Crippen LogP contribution is 2.33. The quantitative estimate of drug-likeness (QED) is 0.624. The molecule has 0 aliphatic carbocycles. The molecule has 2 heterocycles. The van der Waals surface area contributed by atoms with Crippen molar-refractivity contribution in [3.8, 4) is 0 Å². The fourth-order valence-electron chi connectivity index (χ4n) is 2.02. The molecule has 3 nitrogen and oxygen atoms in total. The highest BCUT2D eigenvalue weighted by atomic mass is 35.5. The minimum absolute atomic E-state index is 0.350. The van der Waals surface area contributed by atoms with Crippen LogP contribution < -0.4 is 0 Å². The molecule has 1 aliphatic rings. The molecule has 0 bridgehead atoms. The first-order valence-corrected chi connectivity index (χ1v) is 7.48. The third-order valence-electron chi connectivity index (χ3n) is 3.01. The Labute approximate surface area is 129 Å². The van der Waals surface area contributed by atoms with Gasteiger partial charge in [0, 0.05) is 30.6 Å². The number of Topliss-reactive ketones (excluding diaryl/α,β-unsaturated/α-hetero) is 1. The van der Waals surface area contributed by atoms with Crippen molar-refractivity contribution in [1.82, 2.24) is 9.88 Å². The van der Waals surface area contributed by atoms with E-state index in [4.69, 9.17) is 11.6 Å². The third-order valence-corrected chi connectivity index (χ3v) is 4.55. The molecule has 1 aromatic rings. The van der Waals surface area contributed by atoms with Crippen LogP contribution in [0.4, 0.5) is 13.2 Å². The van der Waals surface area contributed by atoms with Crippen LogP contribution in [0.25, 0.3) is 0 Å². The first-order valence-electron chi connectivity index (χ1n) is 6.05. The van der Waals surface area contributed by atoms with E-state index in [1.807, 2.05) is 0 Å². The number of pyridine rings is 1. The summed E-state index contributed by atoms with van der Waals surface area (Å²) in [5, 5.41) is -0.308. The van der Waals surface area contributed by atoms with Crippen LogP contribution >= 0.6 is 23.4 Å². The Hall–Kier alpha value is -1.05. The smallest absolute Gasteiger partial charge is 0.284 e. The van der Waals surface area contributed by atoms with Crippen LogP contribution in [-0.4, -0.2) is 39.5 Å². The topological polar surface area (TPSA) is 33.2 Å². The summed E-state index contributed by atoms with van der Waals surface area (Å²) in [6, 6.07) is 3.37. The summed E-state index contributed by atoms with van der Waals surface area (Å²) in [7, 11) is 0. The lowest BCUT2D eigenvalue weighted by Crippen LogP contribution is -2.36. The zero-order valence-electron chi connectivity index (χ0n) is 10.9. The van der Waals surface area contributed by atoms with Gasteiger partial charge in [0.05, 0.1) is 5.37 Å². The fraction of sp³-hybridized carbons (Fsp3) is 0.385. The number of thioether (sulfide) groups is 1. The number of halogens is 4. The molecule has 114 valence electrons. The molecule has 0 aromatic carbocycles. The molecule has 0 spiro atoms. The average Bonchev–Trinajstić information content (AvgIpc) is 2.87. The molecule has 0 radical (unpaired) electrons. The Morgan fingerprint density at radius 3 is 2.81 bits per heavy atom. The van der Waals surface area contributed by atoms with Gasteiger partial charge in [0.25, 0.3) is 5.78 Å². The van der Waals surface area contributed by atoms with Gasteiger partial charge in [-0.2, -0.15) is 13.2 Å². The number of carbonyl (C=O) groups is 1. The van der Waals surface area contributed by atoms with Crippen molar-refractivity contribution in [1.29, 1.82) is 0 Å². The lowest BCUT2D eigenvalue weighted by Gasteiger charge is -2.25. The molecule has 1 unspecified atom stereocenters. The van der Waals surface area contributed by atoms with Gasteiger partial charge in [-0.25, -0.2) is 4.98 Å². The zero-order chi connectivity index (χ0) is 15.6. The largest absolute Gasteiger partial charge is 0.454 e. The first-order chi connectivity index (χ1) is 9.79. The summed E-state index contributed by atoms with van der Waals surface area (Å²) in [4.78, 5) is 17.0. The van der Waals surface area contributed by atoms with Crippen LogP contribution in [0, 0.1) is 0 Å². The van der Waals surface area contributed by atoms with E-state index < -0.39 is 22.9 Å². The van der Waals surface area contributed by atoms with E-state index in [-0.39, 0.29) is 0 Å². The number of aromatic nitrogens is 1. The number of carbonyl (C=O) groups excluding carboxylic acids is 1. The second-order valence-corrected chi connectivity index (χ2v) is 6.11. The summed E-state index contributed by atoms with van der Waals surface area (Å²) >= 11 is 6.97. The van der Waals surface area contributed by atoms with Crippen LogP contribution in [0.5, 0.6) is 0 Å². The zero-order valence-corrected chi connectivity index (χ0v) is 12.4. The van der Waals surface area contributed by atoms with Crippen LogP contribution in [0.15, 0.2) is 30.5 Å². The molecular weight excluding hydrogens is 325 g/mol. The number of alkyl halides is 3. The second kappa shape index (κ2) is 6.37. The van der Waals surface area contributed by atoms with Crippen LogP contribution in [0.1, 0.15) is 5.56 Å². The van der Waals surface area contributed by atoms with Gasteiger partial charge in [-0.1, -0.05) is 24.2 Å². The van der Waals surface area contributed by atoms with Gasteiger partial charge in [-0.15, -0.1) is 11.8 Å². The van der Waals surface area contributed by atoms with E-state index in [0.29, 0.717) is 24.0 Å². The number of hydrogen-bond donors (Lipinski definition) is 0. The maximum absolute atomic E-state index is 12.5. The Morgan fingerprint density at radius 1 is 1.52 bits per heavy atom. The van der Waals surface area contributed by atoms with Gasteiger partial charge in [-0.05, 0) is 11.6 Å². The van der Waals surface area contributed by atoms with E-state index in [1.165, 1.54) is 11.8 Å². The monoisotopic (exact) mass is 336 g/mol. The van der Waals surface area contributed by atoms with Crippen molar-refractivity contribution in [2.24, 2.45) is 0 Å². The van der Waals surface area contributed by atoms with Crippen LogP contribution in [0.3, 0.4) is 0 Å². The summed E-state index contributed by atoms with van der Waals surface area (Å²) in [6.07, 6.45) is -3.32. The predicted molar refractivity (Wildman–Crippen MR) is 76.1 cm³/mol. The van der Waals surface area contributed by atoms with E-state index >= 15 is 0 Å². The molecule has 1 aliphatic heterocycles. The standard InChI is InChI=1S/C13H12ClF3N2OS/c1-8(11(20)13(15,16)17)12-19(4-5-21-12)7-9-2-3-10(14)18-6-9/h2-3,6,12H,1,4-5,7H2. The second-order valence-electron chi connectivity index (χ2n) is 4.53. The van der Waals surface area contributed by atoms with Gasteiger partial charge in [0.2, 0.25) is 0 Å². The highest BCUT2D eigenvalue weighted by molar-refractivity contribution is 8.00. The maximum atomic E-state index is 12.5. The van der Waals surface area contributed by atoms with Gasteiger partial charge >= 0.3 is 6.18 Å². The lowest BCUT2D eigenvalue weighted by atomic mass is 10.1. The van der Waals surface area contributed by atoms with Crippen molar-refractivity contribution in [3.05, 3.63) is 41.2 Å². The maximum Gasteiger partial charge on any atom is 0.454 e. The Balaban J connectivity index is 2.08. The average molecular weight is 337 g/mol. The molecule has 1 atom stereocenters. The van der Waals surface area contributed by atoms with Crippen molar-refractivity contribution in [2.45, 2.75) is 18.1 Å². The van der Waals surface area contributed by atoms with Crippen molar-refractivity contribution >= 4 is 29.1 Å². The predicted octanol–water partition coefficient (Wildman–Crippen LogP) is 3.30. The molecule has 1 saturated heterocycles. The normalized spacial score (nSPS) is 19.7. The van der Waals surface area contributed by atoms with E-state index in [2.05, 4.69) is 11.6 Å². The van der Waals surface area contributed by atoms with Gasteiger partial charge < -0.3 is 0 Å². The lowest BCUT2D eigenvalue weighted by molar-refractivity contribution is -0.166. The summed E-state index contributed by atoms with van der Waals surface area (Å²) in [5.41, 5.74) is 0.395. The molecular formula is C13H12ClF3N2OS. The Bertz CT molecular complexity index is 547. The minimum atomic E-state index is -4.88. The van der Waals surface area contributed by atoms with Crippen molar-refractivity contribution in [3.63, 3.8) is 0 Å². The number of ketones is 1.